The van der Waals surface area contributed by atoms with Gasteiger partial charge < -0.3 is 26.2 Å². The first-order valence-corrected chi connectivity index (χ1v) is 7.94. The topological polar surface area (TPSA) is 146 Å². The van der Waals surface area contributed by atoms with E-state index in [2.05, 4.69) is 10.3 Å². The van der Waals surface area contributed by atoms with Crippen molar-refractivity contribution in [1.82, 2.24) is 10.3 Å². The second-order valence-corrected chi connectivity index (χ2v) is 5.86. The van der Waals surface area contributed by atoms with Gasteiger partial charge in [-0.3, -0.25) is 9.59 Å². The van der Waals surface area contributed by atoms with Crippen molar-refractivity contribution in [1.29, 1.82) is 0 Å². The third kappa shape index (κ3) is 5.05. The van der Waals surface area contributed by atoms with Crippen molar-refractivity contribution in [3.63, 3.8) is 0 Å². The Balaban J connectivity index is 1.95. The molecule has 0 fully saturated rings. The van der Waals surface area contributed by atoms with E-state index in [-0.39, 0.29) is 25.7 Å². The number of amides is 1. The Morgan fingerprint density at radius 3 is 2.60 bits per heavy atom. The number of aromatic amines is 1. The molecule has 1 aromatic carbocycles. The number of H-pyrrole nitrogens is 1. The summed E-state index contributed by atoms with van der Waals surface area (Å²) >= 11 is 0. The Hall–Kier alpha value is -2.87. The molecule has 2 unspecified atom stereocenters. The van der Waals surface area contributed by atoms with Crippen molar-refractivity contribution in [2.45, 2.75) is 37.8 Å². The lowest BCUT2D eigenvalue weighted by molar-refractivity contribution is -0.142. The first-order chi connectivity index (χ1) is 11.9. The van der Waals surface area contributed by atoms with Gasteiger partial charge in [0.2, 0.25) is 5.91 Å². The van der Waals surface area contributed by atoms with Gasteiger partial charge in [-0.05, 0) is 30.9 Å². The molecule has 8 nitrogen and oxygen atoms in total. The van der Waals surface area contributed by atoms with Crippen LogP contribution in [0.5, 0.6) is 0 Å². The SMILES string of the molecule is NC(Cc1c[nH]c2ccccc12)C(=O)NC(CCCC(=O)O)C(=O)O. The minimum Gasteiger partial charge on any atom is -0.481 e. The maximum atomic E-state index is 12.2. The number of para-hydroxylation sites is 1. The molecule has 134 valence electrons. The third-order valence-corrected chi connectivity index (χ3v) is 3.95. The first-order valence-electron chi connectivity index (χ1n) is 7.94. The van der Waals surface area contributed by atoms with Crippen LogP contribution in [0.4, 0.5) is 0 Å². The zero-order chi connectivity index (χ0) is 18.4. The molecule has 0 aliphatic heterocycles. The summed E-state index contributed by atoms with van der Waals surface area (Å²) in [6.45, 7) is 0. The van der Waals surface area contributed by atoms with Crippen molar-refractivity contribution in [2.75, 3.05) is 0 Å². The van der Waals surface area contributed by atoms with Gasteiger partial charge in [-0.25, -0.2) is 4.79 Å². The van der Waals surface area contributed by atoms with Crippen molar-refractivity contribution in [3.8, 4) is 0 Å². The molecule has 6 N–H and O–H groups in total. The largest absolute Gasteiger partial charge is 0.481 e. The van der Waals surface area contributed by atoms with Crippen molar-refractivity contribution >= 4 is 28.7 Å². The fraction of sp³-hybridized carbons (Fsp3) is 0.353. The number of carbonyl (C=O) groups excluding carboxylic acids is 1. The minimum atomic E-state index is -1.21. The van der Waals surface area contributed by atoms with E-state index >= 15 is 0 Å². The number of nitrogens with two attached hydrogens (primary N) is 1. The molecular weight excluding hydrogens is 326 g/mol. The molecule has 0 radical (unpaired) electrons. The Labute approximate surface area is 144 Å². The van der Waals surface area contributed by atoms with E-state index in [0.717, 1.165) is 16.5 Å². The molecule has 2 atom stereocenters. The van der Waals surface area contributed by atoms with Gasteiger partial charge in [-0.15, -0.1) is 0 Å². The maximum absolute atomic E-state index is 12.2. The summed E-state index contributed by atoms with van der Waals surface area (Å²) in [6.07, 6.45) is 2.08. The van der Waals surface area contributed by atoms with E-state index in [4.69, 9.17) is 15.9 Å². The lowest BCUT2D eigenvalue weighted by atomic mass is 10.0. The number of carbonyl (C=O) groups is 3. The number of carboxylic acids is 2. The van der Waals surface area contributed by atoms with Crippen LogP contribution in [0.2, 0.25) is 0 Å². The maximum Gasteiger partial charge on any atom is 0.326 e. The average molecular weight is 347 g/mol. The fourth-order valence-electron chi connectivity index (χ4n) is 2.62. The molecule has 1 amide bonds. The van der Waals surface area contributed by atoms with E-state index in [1.165, 1.54) is 0 Å². The monoisotopic (exact) mass is 347 g/mol. The van der Waals surface area contributed by atoms with Crippen LogP contribution >= 0.6 is 0 Å². The molecule has 0 spiro atoms. The quantitative estimate of drug-likeness (QED) is 0.455. The predicted octanol–water partition coefficient (Wildman–Crippen LogP) is 0.862. The molecule has 0 bridgehead atoms. The lowest BCUT2D eigenvalue weighted by Gasteiger charge is -2.17. The van der Waals surface area contributed by atoms with E-state index in [9.17, 15) is 14.4 Å². The van der Waals surface area contributed by atoms with Gasteiger partial charge in [0, 0.05) is 23.5 Å². The molecule has 1 heterocycles. The Kier molecular flexibility index (Phi) is 6.13. The van der Waals surface area contributed by atoms with Gasteiger partial charge >= 0.3 is 11.9 Å². The van der Waals surface area contributed by atoms with Gasteiger partial charge in [0.15, 0.2) is 0 Å². The van der Waals surface area contributed by atoms with Crippen LogP contribution in [-0.2, 0) is 20.8 Å². The number of nitrogens with one attached hydrogen (secondary N) is 2. The van der Waals surface area contributed by atoms with Gasteiger partial charge in [-0.1, -0.05) is 18.2 Å². The second-order valence-electron chi connectivity index (χ2n) is 5.86. The van der Waals surface area contributed by atoms with Gasteiger partial charge in [-0.2, -0.15) is 0 Å². The molecule has 0 saturated carbocycles. The summed E-state index contributed by atoms with van der Waals surface area (Å²) in [5.74, 6) is -2.79. The average Bonchev–Trinajstić information content (AvgIpc) is 2.96. The van der Waals surface area contributed by atoms with Crippen LogP contribution in [0.3, 0.4) is 0 Å². The number of hydrogen-bond donors (Lipinski definition) is 5. The van der Waals surface area contributed by atoms with Gasteiger partial charge in [0.25, 0.3) is 0 Å². The zero-order valence-electron chi connectivity index (χ0n) is 13.6. The second kappa shape index (κ2) is 8.29. The number of benzene rings is 1. The number of aliphatic carboxylic acids is 2. The van der Waals surface area contributed by atoms with Gasteiger partial charge in [0.1, 0.15) is 6.04 Å². The van der Waals surface area contributed by atoms with Crippen LogP contribution in [0.1, 0.15) is 24.8 Å². The minimum absolute atomic E-state index is 0.0349. The van der Waals surface area contributed by atoms with Gasteiger partial charge in [0.05, 0.1) is 6.04 Å². The molecule has 0 saturated heterocycles. The molecule has 0 aliphatic rings. The Bertz CT molecular complexity index is 770. The Morgan fingerprint density at radius 1 is 1.20 bits per heavy atom. The number of carboxylic acid groups (broad SMARTS) is 2. The lowest BCUT2D eigenvalue weighted by Crippen LogP contribution is -2.49. The normalized spacial score (nSPS) is 13.3. The van der Waals surface area contributed by atoms with Crippen LogP contribution in [0.25, 0.3) is 10.9 Å². The molecular formula is C17H21N3O5. The summed E-state index contributed by atoms with van der Waals surface area (Å²) in [5, 5.41) is 21.1. The Morgan fingerprint density at radius 2 is 1.92 bits per heavy atom. The summed E-state index contributed by atoms with van der Waals surface area (Å²) in [7, 11) is 0. The highest BCUT2D eigenvalue weighted by Crippen LogP contribution is 2.18. The molecule has 0 aliphatic carbocycles. The van der Waals surface area contributed by atoms with E-state index in [0.29, 0.717) is 0 Å². The van der Waals surface area contributed by atoms with Crippen LogP contribution in [-0.4, -0.2) is 45.1 Å². The van der Waals surface area contributed by atoms with Crippen LogP contribution < -0.4 is 11.1 Å². The highest BCUT2D eigenvalue weighted by atomic mass is 16.4. The summed E-state index contributed by atoms with van der Waals surface area (Å²) in [4.78, 5) is 37.0. The standard InChI is InChI=1S/C17H21N3O5/c18-12(8-10-9-19-13-5-2-1-4-11(10)13)16(23)20-14(17(24)25)6-3-7-15(21)22/h1-2,4-5,9,12,14,19H,3,6-8,18H2,(H,20,23)(H,21,22)(H,24,25). The number of rotatable bonds is 9. The van der Waals surface area contributed by atoms with E-state index in [1.807, 2.05) is 24.3 Å². The summed E-state index contributed by atoms with van der Waals surface area (Å²) in [6, 6.07) is 5.55. The van der Waals surface area contributed by atoms with Crippen LogP contribution in [0, 0.1) is 0 Å². The van der Waals surface area contributed by atoms with Crippen molar-refractivity contribution in [3.05, 3.63) is 36.0 Å². The number of hydrogen-bond acceptors (Lipinski definition) is 4. The number of aromatic nitrogens is 1. The molecule has 2 aromatic rings. The fourth-order valence-corrected chi connectivity index (χ4v) is 2.62. The summed E-state index contributed by atoms with van der Waals surface area (Å²) < 4.78 is 0. The third-order valence-electron chi connectivity index (χ3n) is 3.95. The van der Waals surface area contributed by atoms with E-state index < -0.39 is 29.9 Å². The molecule has 25 heavy (non-hydrogen) atoms. The molecule has 2 rings (SSSR count). The zero-order valence-corrected chi connectivity index (χ0v) is 13.6. The number of fused-ring (bicyclic) bond motifs is 1. The highest BCUT2D eigenvalue weighted by Gasteiger charge is 2.24. The highest BCUT2D eigenvalue weighted by molar-refractivity contribution is 5.88. The predicted molar refractivity (Wildman–Crippen MR) is 91.0 cm³/mol. The molecule has 1 aromatic heterocycles. The molecule has 8 heteroatoms. The summed E-state index contributed by atoms with van der Waals surface area (Å²) in [5.41, 5.74) is 7.72. The smallest absolute Gasteiger partial charge is 0.326 e. The van der Waals surface area contributed by atoms with Crippen LogP contribution in [0.15, 0.2) is 30.5 Å². The van der Waals surface area contributed by atoms with Crippen molar-refractivity contribution in [2.24, 2.45) is 5.73 Å². The van der Waals surface area contributed by atoms with E-state index in [1.54, 1.807) is 6.20 Å². The first kappa shape index (κ1) is 18.5. The van der Waals surface area contributed by atoms with Crippen molar-refractivity contribution < 1.29 is 24.6 Å².